The first-order valence-electron chi connectivity index (χ1n) is 6.19. The lowest BCUT2D eigenvalue weighted by Gasteiger charge is -2.29. The molecule has 0 bridgehead atoms. The highest BCUT2D eigenvalue weighted by molar-refractivity contribution is 9.10. The van der Waals surface area contributed by atoms with Crippen LogP contribution >= 0.6 is 15.9 Å². The van der Waals surface area contributed by atoms with E-state index in [2.05, 4.69) is 35.1 Å². The van der Waals surface area contributed by atoms with Gasteiger partial charge < -0.3 is 10.4 Å². The summed E-state index contributed by atoms with van der Waals surface area (Å²) in [6, 6.07) is 5.58. The molecule has 4 heteroatoms. The van der Waals surface area contributed by atoms with Crippen LogP contribution in [0.5, 0.6) is 0 Å². The van der Waals surface area contributed by atoms with Crippen molar-refractivity contribution in [3.05, 3.63) is 28.2 Å². The maximum Gasteiger partial charge on any atom is 0.337 e. The Balaban J connectivity index is 2.28. The van der Waals surface area contributed by atoms with Crippen LogP contribution in [-0.2, 0) is 0 Å². The van der Waals surface area contributed by atoms with Gasteiger partial charge in [-0.1, -0.05) is 36.2 Å². The number of aromatic carboxylic acids is 1. The van der Waals surface area contributed by atoms with Gasteiger partial charge in [-0.2, -0.15) is 0 Å². The zero-order chi connectivity index (χ0) is 13.3. The van der Waals surface area contributed by atoms with Crippen molar-refractivity contribution in [2.75, 3.05) is 5.32 Å². The Hall–Kier alpha value is -1.03. The van der Waals surface area contributed by atoms with E-state index in [1.807, 2.05) is 6.07 Å². The summed E-state index contributed by atoms with van der Waals surface area (Å²) >= 11 is 3.39. The largest absolute Gasteiger partial charge is 0.478 e. The summed E-state index contributed by atoms with van der Waals surface area (Å²) in [4.78, 5) is 11.2. The number of benzene rings is 1. The summed E-state index contributed by atoms with van der Waals surface area (Å²) in [5.41, 5.74) is 1.26. The number of hydrogen-bond donors (Lipinski definition) is 2. The highest BCUT2D eigenvalue weighted by atomic mass is 79.9. The van der Waals surface area contributed by atoms with Crippen LogP contribution < -0.4 is 5.32 Å². The van der Waals surface area contributed by atoms with Crippen molar-refractivity contribution in [3.8, 4) is 0 Å². The molecule has 18 heavy (non-hydrogen) atoms. The van der Waals surface area contributed by atoms with Crippen LogP contribution in [-0.4, -0.2) is 17.1 Å². The Bertz CT molecular complexity index is 471. The van der Waals surface area contributed by atoms with Crippen LogP contribution in [0.1, 0.15) is 43.5 Å². The number of carboxylic acid groups (broad SMARTS) is 1. The lowest BCUT2D eigenvalue weighted by Crippen LogP contribution is -2.31. The van der Waals surface area contributed by atoms with E-state index in [1.165, 1.54) is 12.8 Å². The fourth-order valence-corrected chi connectivity index (χ4v) is 2.97. The molecule has 0 heterocycles. The standard InChI is InChI=1S/C14H18BrNO2/c1-14(2)7-3-4-12(14)16-11-8-9(15)5-6-10(11)13(17)18/h5-6,8,12,16H,3-4,7H2,1-2H3,(H,17,18). The van der Waals surface area contributed by atoms with Gasteiger partial charge in [0.25, 0.3) is 0 Å². The molecule has 2 rings (SSSR count). The third-order valence-electron chi connectivity index (χ3n) is 3.80. The molecule has 98 valence electrons. The molecule has 1 unspecified atom stereocenters. The van der Waals surface area contributed by atoms with Crippen molar-refractivity contribution >= 4 is 27.6 Å². The average Bonchev–Trinajstić information content (AvgIpc) is 2.58. The van der Waals surface area contributed by atoms with E-state index in [4.69, 9.17) is 0 Å². The molecule has 1 atom stereocenters. The van der Waals surface area contributed by atoms with Crippen molar-refractivity contribution < 1.29 is 9.90 Å². The minimum absolute atomic E-state index is 0.220. The fourth-order valence-electron chi connectivity index (χ4n) is 2.60. The summed E-state index contributed by atoms with van der Waals surface area (Å²) < 4.78 is 0.894. The van der Waals surface area contributed by atoms with Gasteiger partial charge in [0, 0.05) is 10.5 Å². The highest BCUT2D eigenvalue weighted by Crippen LogP contribution is 2.39. The molecule has 0 aromatic heterocycles. The van der Waals surface area contributed by atoms with Crippen LogP contribution in [0.3, 0.4) is 0 Å². The second kappa shape index (κ2) is 4.92. The Morgan fingerprint density at radius 2 is 2.22 bits per heavy atom. The van der Waals surface area contributed by atoms with Crippen LogP contribution in [0.4, 0.5) is 5.69 Å². The fraction of sp³-hybridized carbons (Fsp3) is 0.500. The second-order valence-corrected chi connectivity index (χ2v) is 6.49. The quantitative estimate of drug-likeness (QED) is 0.882. The first kappa shape index (κ1) is 13.4. The average molecular weight is 312 g/mol. The Morgan fingerprint density at radius 3 is 2.78 bits per heavy atom. The minimum atomic E-state index is -0.888. The first-order valence-corrected chi connectivity index (χ1v) is 6.99. The lowest BCUT2D eigenvalue weighted by atomic mass is 9.87. The molecular weight excluding hydrogens is 294 g/mol. The number of nitrogens with one attached hydrogen (secondary N) is 1. The van der Waals surface area contributed by atoms with Gasteiger partial charge in [-0.15, -0.1) is 0 Å². The minimum Gasteiger partial charge on any atom is -0.478 e. The molecule has 1 aromatic carbocycles. The van der Waals surface area contributed by atoms with E-state index < -0.39 is 5.97 Å². The Kier molecular flexibility index (Phi) is 3.66. The van der Waals surface area contributed by atoms with Crippen molar-refractivity contribution in [2.45, 2.75) is 39.2 Å². The number of hydrogen-bond acceptors (Lipinski definition) is 2. The molecule has 1 aliphatic rings. The zero-order valence-corrected chi connectivity index (χ0v) is 12.3. The van der Waals surface area contributed by atoms with Gasteiger partial charge in [0.05, 0.1) is 11.3 Å². The smallest absolute Gasteiger partial charge is 0.337 e. The molecule has 1 aromatic rings. The van der Waals surface area contributed by atoms with Gasteiger partial charge >= 0.3 is 5.97 Å². The molecule has 3 nitrogen and oxygen atoms in total. The maximum atomic E-state index is 11.2. The molecule has 1 saturated carbocycles. The van der Waals surface area contributed by atoms with Crippen LogP contribution in [0.25, 0.3) is 0 Å². The second-order valence-electron chi connectivity index (χ2n) is 5.57. The van der Waals surface area contributed by atoms with Crippen LogP contribution in [0.15, 0.2) is 22.7 Å². The van der Waals surface area contributed by atoms with Crippen molar-refractivity contribution in [1.29, 1.82) is 0 Å². The van der Waals surface area contributed by atoms with E-state index in [-0.39, 0.29) is 5.41 Å². The summed E-state index contributed by atoms with van der Waals surface area (Å²) in [6.45, 7) is 4.46. The van der Waals surface area contributed by atoms with Crippen molar-refractivity contribution in [3.63, 3.8) is 0 Å². The third-order valence-corrected chi connectivity index (χ3v) is 4.29. The zero-order valence-electron chi connectivity index (χ0n) is 10.7. The maximum absolute atomic E-state index is 11.2. The first-order chi connectivity index (χ1) is 8.40. The Morgan fingerprint density at radius 1 is 1.50 bits per heavy atom. The normalized spacial score (nSPS) is 21.8. The van der Waals surface area contributed by atoms with Crippen molar-refractivity contribution in [1.82, 2.24) is 0 Å². The van der Waals surface area contributed by atoms with Gasteiger partial charge in [0.15, 0.2) is 0 Å². The number of halogens is 1. The van der Waals surface area contributed by atoms with Gasteiger partial charge in [0.1, 0.15) is 0 Å². The SMILES string of the molecule is CC1(C)CCCC1Nc1cc(Br)ccc1C(=O)O. The third kappa shape index (κ3) is 2.69. The summed E-state index contributed by atoms with van der Waals surface area (Å²) in [6.07, 6.45) is 3.47. The summed E-state index contributed by atoms with van der Waals surface area (Å²) in [7, 11) is 0. The molecule has 2 N–H and O–H groups in total. The molecule has 0 saturated heterocycles. The number of carboxylic acids is 1. The van der Waals surface area contributed by atoms with Crippen LogP contribution in [0.2, 0.25) is 0 Å². The number of carbonyl (C=O) groups is 1. The Labute approximate surface area is 116 Å². The van der Waals surface area contributed by atoms with Gasteiger partial charge in [0.2, 0.25) is 0 Å². The summed E-state index contributed by atoms with van der Waals surface area (Å²) in [5.74, 6) is -0.888. The van der Waals surface area contributed by atoms with E-state index >= 15 is 0 Å². The van der Waals surface area contributed by atoms with E-state index in [1.54, 1.807) is 12.1 Å². The molecule has 0 amide bonds. The predicted octanol–water partition coefficient (Wildman–Crippen LogP) is 4.14. The van der Waals surface area contributed by atoms with Crippen molar-refractivity contribution in [2.24, 2.45) is 5.41 Å². The number of anilines is 1. The molecule has 0 aliphatic heterocycles. The molecule has 1 aliphatic carbocycles. The molecule has 0 spiro atoms. The molecule has 1 fully saturated rings. The van der Waals surface area contributed by atoms with Gasteiger partial charge in [-0.25, -0.2) is 4.79 Å². The van der Waals surface area contributed by atoms with Gasteiger partial charge in [-0.3, -0.25) is 0 Å². The van der Waals surface area contributed by atoms with Gasteiger partial charge in [-0.05, 0) is 36.5 Å². The number of rotatable bonds is 3. The lowest BCUT2D eigenvalue weighted by molar-refractivity contribution is 0.0697. The predicted molar refractivity (Wildman–Crippen MR) is 76.1 cm³/mol. The molecule has 0 radical (unpaired) electrons. The van der Waals surface area contributed by atoms with E-state index in [0.717, 1.165) is 10.9 Å². The highest BCUT2D eigenvalue weighted by Gasteiger charge is 2.34. The summed E-state index contributed by atoms with van der Waals surface area (Å²) in [5, 5.41) is 12.6. The van der Waals surface area contributed by atoms with E-state index in [0.29, 0.717) is 17.3 Å². The van der Waals surface area contributed by atoms with E-state index in [9.17, 15) is 9.90 Å². The molecular formula is C14H18BrNO2. The van der Waals surface area contributed by atoms with Crippen LogP contribution in [0, 0.1) is 5.41 Å². The topological polar surface area (TPSA) is 49.3 Å². The monoisotopic (exact) mass is 311 g/mol.